The third-order valence-electron chi connectivity index (χ3n) is 3.27. The topological polar surface area (TPSA) is 113 Å². The number of non-ortho nitro benzene ring substituents is 1. The molecule has 7 heteroatoms. The summed E-state index contributed by atoms with van der Waals surface area (Å²) < 4.78 is 4.98. The lowest BCUT2D eigenvalue weighted by Crippen LogP contribution is -2.00. The van der Waals surface area contributed by atoms with E-state index in [2.05, 4.69) is 0 Å². The van der Waals surface area contributed by atoms with Gasteiger partial charge in [-0.25, -0.2) is 4.79 Å². The number of methoxy groups -OCH3 is 1. The van der Waals surface area contributed by atoms with Crippen molar-refractivity contribution in [3.63, 3.8) is 0 Å². The minimum absolute atomic E-state index is 0.0211. The predicted molar refractivity (Wildman–Crippen MR) is 86.5 cm³/mol. The second-order valence-electron chi connectivity index (χ2n) is 4.74. The summed E-state index contributed by atoms with van der Waals surface area (Å²) >= 11 is 0. The van der Waals surface area contributed by atoms with Crippen molar-refractivity contribution in [3.8, 4) is 11.8 Å². The van der Waals surface area contributed by atoms with Gasteiger partial charge in [-0.05, 0) is 41.5 Å². The molecule has 0 amide bonds. The molecule has 7 nitrogen and oxygen atoms in total. The van der Waals surface area contributed by atoms with Crippen molar-refractivity contribution in [1.82, 2.24) is 0 Å². The number of nitrogens with zero attached hydrogens (tertiary/aromatic N) is 2. The summed E-state index contributed by atoms with van der Waals surface area (Å²) in [5.41, 5.74) is 1.16. The molecule has 2 aromatic carbocycles. The molecule has 0 spiro atoms. The molecule has 120 valence electrons. The highest BCUT2D eigenvalue weighted by Gasteiger charge is 2.12. The smallest absolute Gasteiger partial charge is 0.339 e. The Bertz CT molecular complexity index is 864. The lowest BCUT2D eigenvalue weighted by atomic mass is 10.0. The molecule has 0 saturated heterocycles. The predicted octanol–water partition coefficient (Wildman–Crippen LogP) is 3.37. The van der Waals surface area contributed by atoms with Crippen LogP contribution in [-0.2, 0) is 0 Å². The van der Waals surface area contributed by atoms with Gasteiger partial charge in [-0.15, -0.1) is 0 Å². The summed E-state index contributed by atoms with van der Waals surface area (Å²) in [6, 6.07) is 12.1. The molecule has 0 bridgehead atoms. The average Bonchev–Trinajstić information content (AvgIpc) is 2.59. The van der Waals surface area contributed by atoms with Crippen LogP contribution in [0.4, 0.5) is 5.69 Å². The molecular formula is C17H12N2O5. The normalized spacial score (nSPS) is 10.8. The quantitative estimate of drug-likeness (QED) is 0.390. The van der Waals surface area contributed by atoms with Crippen molar-refractivity contribution >= 4 is 23.3 Å². The first-order valence-electron chi connectivity index (χ1n) is 6.74. The van der Waals surface area contributed by atoms with Gasteiger partial charge in [0.05, 0.1) is 23.7 Å². The van der Waals surface area contributed by atoms with Gasteiger partial charge in [-0.3, -0.25) is 10.1 Å². The van der Waals surface area contributed by atoms with Gasteiger partial charge in [0.25, 0.3) is 5.69 Å². The van der Waals surface area contributed by atoms with Crippen molar-refractivity contribution in [2.24, 2.45) is 0 Å². The van der Waals surface area contributed by atoms with Crippen LogP contribution in [0.2, 0.25) is 0 Å². The van der Waals surface area contributed by atoms with Gasteiger partial charge in [0.1, 0.15) is 11.3 Å². The van der Waals surface area contributed by atoms with Crippen LogP contribution in [0.25, 0.3) is 11.6 Å². The van der Waals surface area contributed by atoms with Crippen molar-refractivity contribution in [1.29, 1.82) is 5.26 Å². The van der Waals surface area contributed by atoms with Crippen LogP contribution in [-0.4, -0.2) is 23.1 Å². The zero-order chi connectivity index (χ0) is 17.7. The number of carboxylic acid groups (broad SMARTS) is 1. The number of benzene rings is 2. The summed E-state index contributed by atoms with van der Waals surface area (Å²) in [4.78, 5) is 21.4. The van der Waals surface area contributed by atoms with Gasteiger partial charge in [-0.2, -0.15) is 5.26 Å². The number of hydrogen-bond donors (Lipinski definition) is 1. The largest absolute Gasteiger partial charge is 0.496 e. The summed E-state index contributed by atoms with van der Waals surface area (Å²) in [5, 5.41) is 29.2. The minimum Gasteiger partial charge on any atom is -0.496 e. The van der Waals surface area contributed by atoms with E-state index in [1.807, 2.05) is 6.07 Å². The molecule has 0 fully saturated rings. The molecule has 0 unspecified atom stereocenters. The number of aromatic carboxylic acids is 1. The van der Waals surface area contributed by atoms with Gasteiger partial charge < -0.3 is 9.84 Å². The molecule has 0 atom stereocenters. The number of carbonyl (C=O) groups is 1. The molecule has 2 rings (SSSR count). The number of hydrogen-bond acceptors (Lipinski definition) is 5. The fourth-order valence-corrected chi connectivity index (χ4v) is 2.09. The molecule has 0 heterocycles. The minimum atomic E-state index is -1.14. The van der Waals surface area contributed by atoms with Gasteiger partial charge >= 0.3 is 5.97 Å². The first-order valence-corrected chi connectivity index (χ1v) is 6.74. The number of nitriles is 1. The molecule has 2 aromatic rings. The Morgan fingerprint density at radius 1 is 1.29 bits per heavy atom. The molecule has 0 aliphatic heterocycles. The second-order valence-corrected chi connectivity index (χ2v) is 4.74. The molecule has 0 aliphatic rings. The van der Waals surface area contributed by atoms with Gasteiger partial charge in [0.15, 0.2) is 0 Å². The first kappa shape index (κ1) is 16.7. The summed E-state index contributed by atoms with van der Waals surface area (Å²) in [6.07, 6.45) is 1.51. The Morgan fingerprint density at radius 3 is 2.46 bits per heavy atom. The van der Waals surface area contributed by atoms with E-state index in [-0.39, 0.29) is 22.6 Å². The fraction of sp³-hybridized carbons (Fsp3) is 0.0588. The van der Waals surface area contributed by atoms with E-state index in [0.29, 0.717) is 11.1 Å². The van der Waals surface area contributed by atoms with Crippen LogP contribution in [0.5, 0.6) is 5.75 Å². The summed E-state index contributed by atoms with van der Waals surface area (Å²) in [5.74, 6) is -0.926. The Labute approximate surface area is 137 Å². The van der Waals surface area contributed by atoms with Crippen LogP contribution in [0.3, 0.4) is 0 Å². The van der Waals surface area contributed by atoms with Crippen LogP contribution in [0, 0.1) is 21.4 Å². The average molecular weight is 324 g/mol. The lowest BCUT2D eigenvalue weighted by Gasteiger charge is -2.06. The number of carboxylic acids is 1. The Morgan fingerprint density at radius 2 is 1.96 bits per heavy atom. The zero-order valence-corrected chi connectivity index (χ0v) is 12.6. The van der Waals surface area contributed by atoms with E-state index in [0.717, 1.165) is 0 Å². The van der Waals surface area contributed by atoms with E-state index < -0.39 is 10.9 Å². The van der Waals surface area contributed by atoms with Crippen LogP contribution in [0.15, 0.2) is 42.5 Å². The highest BCUT2D eigenvalue weighted by molar-refractivity contribution is 5.94. The third-order valence-corrected chi connectivity index (χ3v) is 3.27. The second kappa shape index (κ2) is 7.07. The van der Waals surface area contributed by atoms with E-state index in [1.54, 1.807) is 6.07 Å². The molecule has 0 saturated carbocycles. The van der Waals surface area contributed by atoms with Gasteiger partial charge in [0, 0.05) is 12.1 Å². The van der Waals surface area contributed by atoms with Gasteiger partial charge in [-0.1, -0.05) is 6.07 Å². The number of allylic oxidation sites excluding steroid dienone is 1. The standard InChI is InChI=1S/C17H12N2O5/c1-24-16-7-2-11(9-15(16)17(20)21)8-13(10-18)12-3-5-14(6-4-12)19(22)23/h2-9H,1H3,(H,20,21). The molecule has 0 radical (unpaired) electrons. The van der Waals surface area contributed by atoms with Crippen LogP contribution >= 0.6 is 0 Å². The van der Waals surface area contributed by atoms with Crippen molar-refractivity contribution in [2.45, 2.75) is 0 Å². The van der Waals surface area contributed by atoms with Crippen LogP contribution in [0.1, 0.15) is 21.5 Å². The zero-order valence-electron chi connectivity index (χ0n) is 12.6. The van der Waals surface area contributed by atoms with Gasteiger partial charge in [0.2, 0.25) is 0 Å². The monoisotopic (exact) mass is 324 g/mol. The van der Waals surface area contributed by atoms with E-state index >= 15 is 0 Å². The molecule has 0 aromatic heterocycles. The number of rotatable bonds is 5. The maximum atomic E-state index is 11.2. The van der Waals surface area contributed by atoms with Crippen LogP contribution < -0.4 is 4.74 Å². The number of ether oxygens (including phenoxy) is 1. The molecular weight excluding hydrogens is 312 g/mol. The number of nitro benzene ring substituents is 1. The Hall–Kier alpha value is -3.66. The van der Waals surface area contributed by atoms with Crippen molar-refractivity contribution in [3.05, 3.63) is 69.3 Å². The maximum Gasteiger partial charge on any atom is 0.339 e. The Kier molecular flexibility index (Phi) is 4.92. The van der Waals surface area contributed by atoms with Crippen molar-refractivity contribution < 1.29 is 19.6 Å². The van der Waals surface area contributed by atoms with Crippen molar-refractivity contribution in [2.75, 3.05) is 7.11 Å². The van der Waals surface area contributed by atoms with E-state index in [9.17, 15) is 25.3 Å². The van der Waals surface area contributed by atoms with E-state index in [4.69, 9.17) is 4.74 Å². The highest BCUT2D eigenvalue weighted by Crippen LogP contribution is 2.24. The third kappa shape index (κ3) is 3.56. The fourth-order valence-electron chi connectivity index (χ4n) is 2.09. The number of nitro groups is 1. The Balaban J connectivity index is 2.44. The molecule has 24 heavy (non-hydrogen) atoms. The summed E-state index contributed by atoms with van der Waals surface area (Å²) in [6.45, 7) is 0. The first-order chi connectivity index (χ1) is 11.5. The lowest BCUT2D eigenvalue weighted by molar-refractivity contribution is -0.384. The molecule has 0 aliphatic carbocycles. The summed E-state index contributed by atoms with van der Waals surface area (Å²) in [7, 11) is 1.37. The SMILES string of the molecule is COc1ccc(C=C(C#N)c2ccc([N+](=O)[O-])cc2)cc1C(=O)O. The highest BCUT2D eigenvalue weighted by atomic mass is 16.6. The maximum absolute atomic E-state index is 11.2. The van der Waals surface area contributed by atoms with E-state index in [1.165, 1.54) is 49.6 Å². The molecule has 1 N–H and O–H groups in total.